The van der Waals surface area contributed by atoms with E-state index in [1.165, 1.54) is 10.8 Å². The van der Waals surface area contributed by atoms with Crippen LogP contribution in [0.25, 0.3) is 21.8 Å². The Morgan fingerprint density at radius 2 is 1.68 bits per heavy atom. The number of carbonyl (C=O) groups excluding carboxylic acids is 1. The monoisotopic (exact) mass is 489 g/mol. The summed E-state index contributed by atoms with van der Waals surface area (Å²) >= 11 is 0. The maximum Gasteiger partial charge on any atom is 0.223 e. The number of fused-ring (bicyclic) bond motifs is 2. The minimum atomic E-state index is 0.0480. The number of benzene rings is 4. The molecule has 0 aliphatic carbocycles. The first-order valence-electron chi connectivity index (χ1n) is 13.1. The zero-order chi connectivity index (χ0) is 25.2. The number of para-hydroxylation sites is 2. The Labute approximate surface area is 217 Å². The number of imidazole rings is 1. The molecular formula is C32H31N3O2. The van der Waals surface area contributed by atoms with Crippen LogP contribution in [0.2, 0.25) is 0 Å². The van der Waals surface area contributed by atoms with Gasteiger partial charge in [0.25, 0.3) is 0 Å². The van der Waals surface area contributed by atoms with Gasteiger partial charge in [0.05, 0.1) is 23.7 Å². The van der Waals surface area contributed by atoms with Gasteiger partial charge in [-0.3, -0.25) is 4.79 Å². The van der Waals surface area contributed by atoms with Gasteiger partial charge in [0.15, 0.2) is 0 Å². The van der Waals surface area contributed by atoms with Gasteiger partial charge in [-0.15, -0.1) is 0 Å². The third-order valence-electron chi connectivity index (χ3n) is 7.47. The van der Waals surface area contributed by atoms with Gasteiger partial charge in [-0.1, -0.05) is 72.8 Å². The number of rotatable bonds is 8. The standard InChI is InChI=1S/C32H31N3O2/c1-23(24-10-3-2-4-11-24)35-22-27(21-31(35)36)32-33-29-14-7-8-15-30(29)34(32)18-9-19-37-28-17-16-25-12-5-6-13-26(25)20-28/h2-8,10-17,20,23,27H,9,18-19,21-22H2,1H3. The van der Waals surface area contributed by atoms with Gasteiger partial charge in [0.2, 0.25) is 5.91 Å². The molecule has 1 aliphatic heterocycles. The van der Waals surface area contributed by atoms with Crippen LogP contribution in [0.3, 0.4) is 0 Å². The van der Waals surface area contributed by atoms with Crippen LogP contribution in [0.5, 0.6) is 5.75 Å². The average Bonchev–Trinajstić information content (AvgIpc) is 3.51. The number of likely N-dealkylation sites (tertiary alicyclic amines) is 1. The molecule has 37 heavy (non-hydrogen) atoms. The van der Waals surface area contributed by atoms with Crippen LogP contribution in [0.15, 0.2) is 97.1 Å². The van der Waals surface area contributed by atoms with E-state index < -0.39 is 0 Å². The normalized spacial score (nSPS) is 16.5. The van der Waals surface area contributed by atoms with Crippen molar-refractivity contribution in [3.8, 4) is 5.75 Å². The largest absolute Gasteiger partial charge is 0.494 e. The number of aryl methyl sites for hydroxylation is 1. The molecule has 186 valence electrons. The highest BCUT2D eigenvalue weighted by Gasteiger charge is 2.36. The van der Waals surface area contributed by atoms with Crippen molar-refractivity contribution in [2.24, 2.45) is 0 Å². The number of hydrogen-bond donors (Lipinski definition) is 0. The van der Waals surface area contributed by atoms with Crippen molar-refractivity contribution < 1.29 is 9.53 Å². The SMILES string of the molecule is CC(c1ccccc1)N1CC(c2nc3ccccc3n2CCCOc2ccc3ccccc3c2)CC1=O. The lowest BCUT2D eigenvalue weighted by atomic mass is 10.1. The molecule has 0 spiro atoms. The van der Waals surface area contributed by atoms with Crippen molar-refractivity contribution in [1.29, 1.82) is 0 Å². The maximum atomic E-state index is 13.1. The number of amides is 1. The van der Waals surface area contributed by atoms with E-state index in [4.69, 9.17) is 9.72 Å². The summed E-state index contributed by atoms with van der Waals surface area (Å²) in [4.78, 5) is 20.1. The average molecular weight is 490 g/mol. The quantitative estimate of drug-likeness (QED) is 0.227. The number of aromatic nitrogens is 2. The second-order valence-corrected chi connectivity index (χ2v) is 9.86. The van der Waals surface area contributed by atoms with Gasteiger partial charge in [-0.25, -0.2) is 4.98 Å². The summed E-state index contributed by atoms with van der Waals surface area (Å²) < 4.78 is 8.41. The first-order chi connectivity index (χ1) is 18.2. The van der Waals surface area contributed by atoms with Gasteiger partial charge in [-0.05, 0) is 53.9 Å². The molecule has 2 atom stereocenters. The summed E-state index contributed by atoms with van der Waals surface area (Å²) in [5, 5.41) is 2.40. The summed E-state index contributed by atoms with van der Waals surface area (Å²) in [6, 6.07) is 33.1. The van der Waals surface area contributed by atoms with Gasteiger partial charge in [-0.2, -0.15) is 0 Å². The molecule has 0 N–H and O–H groups in total. The third kappa shape index (κ3) is 4.69. The number of carbonyl (C=O) groups is 1. The molecule has 0 radical (unpaired) electrons. The summed E-state index contributed by atoms with van der Waals surface area (Å²) in [6.07, 6.45) is 1.35. The van der Waals surface area contributed by atoms with Crippen LogP contribution in [-0.2, 0) is 11.3 Å². The van der Waals surface area contributed by atoms with E-state index >= 15 is 0 Å². The van der Waals surface area contributed by atoms with Crippen LogP contribution in [0.1, 0.15) is 43.1 Å². The number of ether oxygens (including phenoxy) is 1. The third-order valence-corrected chi connectivity index (χ3v) is 7.47. The smallest absolute Gasteiger partial charge is 0.223 e. The molecule has 1 aliphatic rings. The molecule has 0 saturated carbocycles. The number of hydrogen-bond acceptors (Lipinski definition) is 3. The summed E-state index contributed by atoms with van der Waals surface area (Å²) in [5.74, 6) is 2.16. The first-order valence-corrected chi connectivity index (χ1v) is 13.1. The molecule has 6 rings (SSSR count). The Morgan fingerprint density at radius 3 is 2.54 bits per heavy atom. The highest BCUT2D eigenvalue weighted by atomic mass is 16.5. The zero-order valence-electron chi connectivity index (χ0n) is 21.1. The van der Waals surface area contributed by atoms with Gasteiger partial charge < -0.3 is 14.2 Å². The van der Waals surface area contributed by atoms with Crippen molar-refractivity contribution in [2.45, 2.75) is 38.3 Å². The predicted octanol–water partition coefficient (Wildman–Crippen LogP) is 6.74. The highest BCUT2D eigenvalue weighted by molar-refractivity contribution is 5.84. The molecule has 1 fully saturated rings. The van der Waals surface area contributed by atoms with Crippen molar-refractivity contribution in [2.75, 3.05) is 13.2 Å². The molecule has 1 amide bonds. The molecule has 5 heteroatoms. The van der Waals surface area contributed by atoms with E-state index in [2.05, 4.69) is 72.2 Å². The molecule has 1 saturated heterocycles. The van der Waals surface area contributed by atoms with Gasteiger partial charge in [0.1, 0.15) is 11.6 Å². The minimum Gasteiger partial charge on any atom is -0.494 e. The second-order valence-electron chi connectivity index (χ2n) is 9.86. The Balaban J connectivity index is 1.18. The lowest BCUT2D eigenvalue weighted by Crippen LogP contribution is -2.28. The Bertz CT molecular complexity index is 1540. The molecule has 2 unspecified atom stereocenters. The van der Waals surface area contributed by atoms with Crippen LogP contribution < -0.4 is 4.74 Å². The van der Waals surface area contributed by atoms with E-state index in [1.807, 2.05) is 41.3 Å². The van der Waals surface area contributed by atoms with Crippen LogP contribution >= 0.6 is 0 Å². The van der Waals surface area contributed by atoms with E-state index in [9.17, 15) is 4.79 Å². The van der Waals surface area contributed by atoms with E-state index in [0.717, 1.165) is 41.1 Å². The predicted molar refractivity (Wildman–Crippen MR) is 148 cm³/mol. The Hall–Kier alpha value is -4.12. The van der Waals surface area contributed by atoms with Crippen molar-refractivity contribution in [3.63, 3.8) is 0 Å². The minimum absolute atomic E-state index is 0.0480. The summed E-state index contributed by atoms with van der Waals surface area (Å²) in [5.41, 5.74) is 3.26. The lowest BCUT2D eigenvalue weighted by molar-refractivity contribution is -0.129. The van der Waals surface area contributed by atoms with E-state index in [0.29, 0.717) is 19.6 Å². The molecule has 2 heterocycles. The summed E-state index contributed by atoms with van der Waals surface area (Å²) in [7, 11) is 0. The lowest BCUT2D eigenvalue weighted by Gasteiger charge is -2.25. The molecule has 4 aromatic carbocycles. The van der Waals surface area contributed by atoms with Crippen LogP contribution in [0.4, 0.5) is 0 Å². The second kappa shape index (κ2) is 10.1. The number of nitrogens with zero attached hydrogens (tertiary/aromatic N) is 3. The fourth-order valence-corrected chi connectivity index (χ4v) is 5.50. The molecular weight excluding hydrogens is 458 g/mol. The maximum absolute atomic E-state index is 13.1. The fraction of sp³-hybridized carbons (Fsp3) is 0.250. The molecule has 1 aromatic heterocycles. The van der Waals surface area contributed by atoms with Gasteiger partial charge >= 0.3 is 0 Å². The molecule has 0 bridgehead atoms. The first kappa shape index (κ1) is 23.3. The van der Waals surface area contributed by atoms with Crippen molar-refractivity contribution in [3.05, 3.63) is 108 Å². The van der Waals surface area contributed by atoms with Crippen molar-refractivity contribution >= 4 is 27.7 Å². The molecule has 5 aromatic rings. The van der Waals surface area contributed by atoms with Crippen LogP contribution in [0, 0.1) is 0 Å². The van der Waals surface area contributed by atoms with Crippen LogP contribution in [-0.4, -0.2) is 33.5 Å². The van der Waals surface area contributed by atoms with E-state index in [-0.39, 0.29) is 17.9 Å². The Kier molecular flexibility index (Phi) is 6.35. The van der Waals surface area contributed by atoms with Gasteiger partial charge in [0, 0.05) is 25.4 Å². The topological polar surface area (TPSA) is 47.4 Å². The van der Waals surface area contributed by atoms with Crippen molar-refractivity contribution in [1.82, 2.24) is 14.5 Å². The zero-order valence-corrected chi connectivity index (χ0v) is 21.1. The Morgan fingerprint density at radius 1 is 0.919 bits per heavy atom. The highest BCUT2D eigenvalue weighted by Crippen LogP contribution is 2.35. The summed E-state index contributed by atoms with van der Waals surface area (Å²) in [6.45, 7) is 4.21. The molecule has 5 nitrogen and oxygen atoms in total. The van der Waals surface area contributed by atoms with E-state index in [1.54, 1.807) is 0 Å². The fourth-order valence-electron chi connectivity index (χ4n) is 5.50.